The van der Waals surface area contributed by atoms with Crippen LogP contribution in [0.1, 0.15) is 33.1 Å². The van der Waals surface area contributed by atoms with Crippen molar-refractivity contribution in [2.75, 3.05) is 47.3 Å². The van der Waals surface area contributed by atoms with E-state index in [0.29, 0.717) is 6.04 Å². The van der Waals surface area contributed by atoms with Crippen LogP contribution in [0.3, 0.4) is 0 Å². The van der Waals surface area contributed by atoms with Gasteiger partial charge in [0.2, 0.25) is 0 Å². The molecule has 0 aliphatic heterocycles. The minimum atomic E-state index is 0.667. The van der Waals surface area contributed by atoms with Gasteiger partial charge in [0.1, 0.15) is 0 Å². The van der Waals surface area contributed by atoms with Crippen LogP contribution in [0.5, 0.6) is 0 Å². The Morgan fingerprint density at radius 3 is 2.31 bits per heavy atom. The van der Waals surface area contributed by atoms with Crippen molar-refractivity contribution in [1.82, 2.24) is 15.1 Å². The summed E-state index contributed by atoms with van der Waals surface area (Å²) in [6.07, 6.45) is 3.81. The number of nitrogens with zero attached hydrogens (tertiary/aromatic N) is 2. The van der Waals surface area contributed by atoms with E-state index in [4.69, 9.17) is 0 Å². The molecular weight excluding hydrogens is 198 g/mol. The fourth-order valence-electron chi connectivity index (χ4n) is 1.81. The molecule has 1 unspecified atom stereocenters. The first kappa shape index (κ1) is 15.9. The molecule has 0 amide bonds. The number of hydrogen-bond donors (Lipinski definition) is 1. The van der Waals surface area contributed by atoms with Crippen LogP contribution in [0.15, 0.2) is 0 Å². The molecule has 3 nitrogen and oxygen atoms in total. The Hall–Kier alpha value is -0.120. The van der Waals surface area contributed by atoms with E-state index in [2.05, 4.69) is 50.1 Å². The Morgan fingerprint density at radius 2 is 1.75 bits per heavy atom. The molecule has 0 bridgehead atoms. The standard InChI is InChI=1S/C13H31N3/c1-6-8-13(2)14-9-12-16(5)11-7-10-15(3)4/h13-14H,6-12H2,1-5H3. The lowest BCUT2D eigenvalue weighted by atomic mass is 10.2. The van der Waals surface area contributed by atoms with Crippen LogP contribution in [0.2, 0.25) is 0 Å². The second kappa shape index (κ2) is 10.1. The molecule has 0 heterocycles. The molecule has 0 saturated carbocycles. The zero-order valence-electron chi connectivity index (χ0n) is 11.9. The molecule has 3 heteroatoms. The van der Waals surface area contributed by atoms with Crippen LogP contribution in [-0.2, 0) is 0 Å². The minimum absolute atomic E-state index is 0.667. The average molecular weight is 229 g/mol. The van der Waals surface area contributed by atoms with E-state index in [1.54, 1.807) is 0 Å². The van der Waals surface area contributed by atoms with Gasteiger partial charge in [-0.05, 0) is 54.0 Å². The van der Waals surface area contributed by atoms with Gasteiger partial charge >= 0.3 is 0 Å². The summed E-state index contributed by atoms with van der Waals surface area (Å²) in [5.74, 6) is 0. The highest BCUT2D eigenvalue weighted by molar-refractivity contribution is 4.62. The lowest BCUT2D eigenvalue weighted by Crippen LogP contribution is -2.35. The molecule has 16 heavy (non-hydrogen) atoms. The molecule has 0 spiro atoms. The normalized spacial score (nSPS) is 13.7. The molecule has 0 aliphatic rings. The minimum Gasteiger partial charge on any atom is -0.313 e. The van der Waals surface area contributed by atoms with Gasteiger partial charge in [-0.3, -0.25) is 0 Å². The molecule has 0 aromatic heterocycles. The predicted molar refractivity (Wildman–Crippen MR) is 73.0 cm³/mol. The first-order valence-electron chi connectivity index (χ1n) is 6.63. The van der Waals surface area contributed by atoms with Gasteiger partial charge in [0, 0.05) is 19.1 Å². The Morgan fingerprint density at radius 1 is 1.06 bits per heavy atom. The molecule has 0 radical (unpaired) electrons. The van der Waals surface area contributed by atoms with Gasteiger partial charge in [-0.15, -0.1) is 0 Å². The molecule has 0 aromatic carbocycles. The van der Waals surface area contributed by atoms with Crippen molar-refractivity contribution in [2.45, 2.75) is 39.2 Å². The van der Waals surface area contributed by atoms with Crippen molar-refractivity contribution in [1.29, 1.82) is 0 Å². The third-order valence-electron chi connectivity index (χ3n) is 2.85. The molecular formula is C13H31N3. The van der Waals surface area contributed by atoms with E-state index in [9.17, 15) is 0 Å². The third-order valence-corrected chi connectivity index (χ3v) is 2.85. The third kappa shape index (κ3) is 10.4. The lowest BCUT2D eigenvalue weighted by Gasteiger charge is -2.20. The van der Waals surface area contributed by atoms with Crippen molar-refractivity contribution in [3.8, 4) is 0 Å². The van der Waals surface area contributed by atoms with Gasteiger partial charge in [0.05, 0.1) is 0 Å². The monoisotopic (exact) mass is 229 g/mol. The Bertz CT molecular complexity index is 148. The zero-order valence-corrected chi connectivity index (χ0v) is 11.9. The van der Waals surface area contributed by atoms with E-state index in [1.165, 1.54) is 32.4 Å². The maximum atomic E-state index is 3.56. The quantitative estimate of drug-likeness (QED) is 0.614. The van der Waals surface area contributed by atoms with Gasteiger partial charge in [0.15, 0.2) is 0 Å². The van der Waals surface area contributed by atoms with Crippen molar-refractivity contribution in [3.05, 3.63) is 0 Å². The van der Waals surface area contributed by atoms with E-state index in [1.807, 2.05) is 0 Å². The highest BCUT2D eigenvalue weighted by atomic mass is 15.1. The summed E-state index contributed by atoms with van der Waals surface area (Å²) in [7, 11) is 6.48. The summed E-state index contributed by atoms with van der Waals surface area (Å²) in [4.78, 5) is 4.66. The summed E-state index contributed by atoms with van der Waals surface area (Å²) in [5.41, 5.74) is 0. The number of rotatable bonds is 10. The molecule has 0 aromatic rings. The van der Waals surface area contributed by atoms with Crippen LogP contribution in [0.25, 0.3) is 0 Å². The summed E-state index contributed by atoms with van der Waals surface area (Å²) < 4.78 is 0. The lowest BCUT2D eigenvalue weighted by molar-refractivity contribution is 0.295. The molecule has 0 aliphatic carbocycles. The number of nitrogens with one attached hydrogen (secondary N) is 1. The fraction of sp³-hybridized carbons (Fsp3) is 1.00. The SMILES string of the molecule is CCCC(C)NCCN(C)CCCN(C)C. The Kier molecular flexibility index (Phi) is 9.99. The highest BCUT2D eigenvalue weighted by Gasteiger charge is 2.01. The smallest absolute Gasteiger partial charge is 0.0104 e. The van der Waals surface area contributed by atoms with Crippen LogP contribution in [-0.4, -0.2) is 63.2 Å². The van der Waals surface area contributed by atoms with Crippen molar-refractivity contribution in [3.63, 3.8) is 0 Å². The maximum absolute atomic E-state index is 3.56. The summed E-state index contributed by atoms with van der Waals surface area (Å²) >= 11 is 0. The summed E-state index contributed by atoms with van der Waals surface area (Å²) in [5, 5.41) is 3.56. The largest absolute Gasteiger partial charge is 0.313 e. The van der Waals surface area contributed by atoms with Crippen molar-refractivity contribution >= 4 is 0 Å². The average Bonchev–Trinajstić information content (AvgIpc) is 2.17. The van der Waals surface area contributed by atoms with Gasteiger partial charge < -0.3 is 15.1 Å². The number of likely N-dealkylation sites (N-methyl/N-ethyl adjacent to an activating group) is 1. The fourth-order valence-corrected chi connectivity index (χ4v) is 1.81. The van der Waals surface area contributed by atoms with Gasteiger partial charge in [0.25, 0.3) is 0 Å². The van der Waals surface area contributed by atoms with Crippen LogP contribution >= 0.6 is 0 Å². The highest BCUT2D eigenvalue weighted by Crippen LogP contribution is 1.94. The molecule has 0 saturated heterocycles. The van der Waals surface area contributed by atoms with E-state index in [-0.39, 0.29) is 0 Å². The molecule has 0 rings (SSSR count). The molecule has 98 valence electrons. The van der Waals surface area contributed by atoms with E-state index >= 15 is 0 Å². The van der Waals surface area contributed by atoms with Gasteiger partial charge in [-0.25, -0.2) is 0 Å². The predicted octanol–water partition coefficient (Wildman–Crippen LogP) is 1.65. The van der Waals surface area contributed by atoms with Crippen LogP contribution in [0, 0.1) is 0 Å². The topological polar surface area (TPSA) is 18.5 Å². The van der Waals surface area contributed by atoms with E-state index < -0.39 is 0 Å². The van der Waals surface area contributed by atoms with Gasteiger partial charge in [-0.1, -0.05) is 13.3 Å². The number of hydrogen-bond acceptors (Lipinski definition) is 3. The van der Waals surface area contributed by atoms with Crippen molar-refractivity contribution < 1.29 is 0 Å². The summed E-state index contributed by atoms with van der Waals surface area (Å²) in [6, 6.07) is 0.667. The molecule has 1 atom stereocenters. The Balaban J connectivity index is 3.32. The first-order chi connectivity index (χ1) is 7.56. The van der Waals surface area contributed by atoms with Crippen LogP contribution in [0.4, 0.5) is 0 Å². The molecule has 0 fully saturated rings. The molecule has 1 N–H and O–H groups in total. The second-order valence-electron chi connectivity index (χ2n) is 5.10. The summed E-state index contributed by atoms with van der Waals surface area (Å²) in [6.45, 7) is 9.16. The van der Waals surface area contributed by atoms with E-state index in [0.717, 1.165) is 13.1 Å². The second-order valence-corrected chi connectivity index (χ2v) is 5.10. The van der Waals surface area contributed by atoms with Crippen LogP contribution < -0.4 is 5.32 Å². The zero-order chi connectivity index (χ0) is 12.4. The maximum Gasteiger partial charge on any atom is 0.0104 e. The first-order valence-corrected chi connectivity index (χ1v) is 6.63. The van der Waals surface area contributed by atoms with Crippen molar-refractivity contribution in [2.24, 2.45) is 0 Å². The Labute approximate surface area is 102 Å². The van der Waals surface area contributed by atoms with Gasteiger partial charge in [-0.2, -0.15) is 0 Å².